The van der Waals surface area contributed by atoms with Crippen molar-refractivity contribution in [3.63, 3.8) is 0 Å². The minimum atomic E-state index is -3.78. The number of carbonyl (C=O) groups is 1. The Kier molecular flexibility index (Phi) is 6.76. The molecule has 0 radical (unpaired) electrons. The molecule has 0 aliphatic heterocycles. The summed E-state index contributed by atoms with van der Waals surface area (Å²) in [6, 6.07) is 5.92. The zero-order chi connectivity index (χ0) is 15.9. The second-order valence-corrected chi connectivity index (χ2v) is 6.33. The zero-order valence-electron chi connectivity index (χ0n) is 11.5. The number of carboxylic acids is 1. The molecule has 0 unspecified atom stereocenters. The summed E-state index contributed by atoms with van der Waals surface area (Å²) in [7, 11) is -3.78. The van der Waals surface area contributed by atoms with Gasteiger partial charge in [-0.05, 0) is 24.1 Å². The maximum atomic E-state index is 12.3. The normalized spacial score (nSPS) is 11.8. The molecular formula is C13H19NO6S. The number of carboxylic acid groups (broad SMARTS) is 1. The fourth-order valence-electron chi connectivity index (χ4n) is 1.80. The van der Waals surface area contributed by atoms with Gasteiger partial charge in [0.15, 0.2) is 0 Å². The van der Waals surface area contributed by atoms with Crippen molar-refractivity contribution in [3.05, 3.63) is 29.8 Å². The number of aliphatic carboxylic acids is 1. The van der Waals surface area contributed by atoms with Crippen molar-refractivity contribution in [3.8, 4) is 0 Å². The van der Waals surface area contributed by atoms with Crippen molar-refractivity contribution in [2.45, 2.75) is 17.7 Å². The Labute approximate surface area is 123 Å². The van der Waals surface area contributed by atoms with Crippen molar-refractivity contribution in [2.24, 2.45) is 0 Å². The zero-order valence-corrected chi connectivity index (χ0v) is 12.3. The van der Waals surface area contributed by atoms with E-state index in [0.717, 1.165) is 9.87 Å². The third-order valence-electron chi connectivity index (χ3n) is 2.89. The Bertz CT molecular complexity index is 549. The Morgan fingerprint density at radius 2 is 1.57 bits per heavy atom. The fourth-order valence-corrected chi connectivity index (χ4v) is 3.23. The number of sulfonamides is 1. The van der Waals surface area contributed by atoms with Crippen molar-refractivity contribution in [2.75, 3.05) is 26.3 Å². The van der Waals surface area contributed by atoms with Crippen LogP contribution in [0, 0.1) is 0 Å². The van der Waals surface area contributed by atoms with Crippen molar-refractivity contribution in [1.29, 1.82) is 0 Å². The number of benzene rings is 1. The third kappa shape index (κ3) is 5.09. The van der Waals surface area contributed by atoms with Gasteiger partial charge in [0, 0.05) is 19.5 Å². The van der Waals surface area contributed by atoms with Crippen LogP contribution < -0.4 is 0 Å². The summed E-state index contributed by atoms with van der Waals surface area (Å²) in [5.41, 5.74) is 0.729. The molecule has 3 N–H and O–H groups in total. The molecule has 8 heteroatoms. The molecule has 0 atom stereocenters. The lowest BCUT2D eigenvalue weighted by Crippen LogP contribution is -2.35. The average Bonchev–Trinajstić information content (AvgIpc) is 2.45. The van der Waals surface area contributed by atoms with Crippen LogP contribution in [-0.2, 0) is 21.2 Å². The first kappa shape index (κ1) is 17.6. The molecule has 0 fully saturated rings. The van der Waals surface area contributed by atoms with Crippen LogP contribution in [0.4, 0.5) is 0 Å². The van der Waals surface area contributed by atoms with E-state index in [1.165, 1.54) is 12.1 Å². The van der Waals surface area contributed by atoms with E-state index in [2.05, 4.69) is 0 Å². The van der Waals surface area contributed by atoms with Gasteiger partial charge < -0.3 is 15.3 Å². The molecule has 0 aliphatic carbocycles. The highest BCUT2D eigenvalue weighted by atomic mass is 32.2. The minimum Gasteiger partial charge on any atom is -0.481 e. The standard InChI is InChI=1S/C13H19NO6S/c15-9-7-14(8-10-16)21(19,20)12-4-1-11(2-5-12)3-6-13(17)18/h1-2,4-5,15-16H,3,6-10H2,(H,17,18). The number of aryl methyl sites for hydroxylation is 1. The van der Waals surface area contributed by atoms with Gasteiger partial charge in [-0.1, -0.05) is 12.1 Å². The van der Waals surface area contributed by atoms with E-state index in [-0.39, 0.29) is 37.6 Å². The summed E-state index contributed by atoms with van der Waals surface area (Å²) >= 11 is 0. The van der Waals surface area contributed by atoms with E-state index in [0.29, 0.717) is 6.42 Å². The Hall–Kier alpha value is -1.48. The summed E-state index contributed by atoms with van der Waals surface area (Å²) < 4.78 is 25.6. The first-order valence-electron chi connectivity index (χ1n) is 6.44. The second kappa shape index (κ2) is 8.08. The molecule has 0 aromatic heterocycles. The highest BCUT2D eigenvalue weighted by Crippen LogP contribution is 2.16. The van der Waals surface area contributed by atoms with Gasteiger partial charge in [0.05, 0.1) is 18.1 Å². The molecule has 1 aromatic rings. The molecule has 21 heavy (non-hydrogen) atoms. The molecule has 0 saturated carbocycles. The lowest BCUT2D eigenvalue weighted by Gasteiger charge is -2.20. The summed E-state index contributed by atoms with van der Waals surface area (Å²) in [4.78, 5) is 10.5. The monoisotopic (exact) mass is 317 g/mol. The lowest BCUT2D eigenvalue weighted by atomic mass is 10.1. The highest BCUT2D eigenvalue weighted by molar-refractivity contribution is 7.89. The minimum absolute atomic E-state index is 0.0206. The third-order valence-corrected chi connectivity index (χ3v) is 4.80. The van der Waals surface area contributed by atoms with Gasteiger partial charge in [0.25, 0.3) is 0 Å². The molecule has 0 amide bonds. The fraction of sp³-hybridized carbons (Fsp3) is 0.462. The van der Waals surface area contributed by atoms with Gasteiger partial charge in [0.2, 0.25) is 10.0 Å². The maximum Gasteiger partial charge on any atom is 0.303 e. The topological polar surface area (TPSA) is 115 Å². The van der Waals surface area contributed by atoms with Crippen molar-refractivity contribution in [1.82, 2.24) is 4.31 Å². The van der Waals surface area contributed by atoms with Crippen LogP contribution in [-0.4, -0.2) is 60.3 Å². The van der Waals surface area contributed by atoms with E-state index < -0.39 is 16.0 Å². The van der Waals surface area contributed by atoms with E-state index in [9.17, 15) is 13.2 Å². The first-order chi connectivity index (χ1) is 9.91. The Morgan fingerprint density at radius 3 is 2.00 bits per heavy atom. The van der Waals surface area contributed by atoms with E-state index in [4.69, 9.17) is 15.3 Å². The molecule has 0 saturated heterocycles. The lowest BCUT2D eigenvalue weighted by molar-refractivity contribution is -0.136. The molecule has 7 nitrogen and oxygen atoms in total. The smallest absolute Gasteiger partial charge is 0.303 e. The number of hydrogen-bond acceptors (Lipinski definition) is 5. The molecule has 1 aromatic carbocycles. The van der Waals surface area contributed by atoms with Gasteiger partial charge in [-0.3, -0.25) is 4.79 Å². The number of rotatable bonds is 9. The Morgan fingerprint density at radius 1 is 1.05 bits per heavy atom. The summed E-state index contributed by atoms with van der Waals surface area (Å²) in [5, 5.41) is 26.4. The SMILES string of the molecule is O=C(O)CCc1ccc(S(=O)(=O)N(CCO)CCO)cc1. The Balaban J connectivity index is 2.90. The van der Waals surface area contributed by atoms with Crippen LogP contribution in [0.2, 0.25) is 0 Å². The van der Waals surface area contributed by atoms with Gasteiger partial charge in [0.1, 0.15) is 0 Å². The van der Waals surface area contributed by atoms with Crippen LogP contribution >= 0.6 is 0 Å². The highest BCUT2D eigenvalue weighted by Gasteiger charge is 2.23. The molecular weight excluding hydrogens is 298 g/mol. The number of aliphatic hydroxyl groups is 2. The maximum absolute atomic E-state index is 12.3. The number of nitrogens with zero attached hydrogens (tertiary/aromatic N) is 1. The van der Waals surface area contributed by atoms with Crippen molar-refractivity contribution < 1.29 is 28.5 Å². The summed E-state index contributed by atoms with van der Waals surface area (Å²) in [6.45, 7) is -0.862. The molecule has 118 valence electrons. The molecule has 0 heterocycles. The van der Waals surface area contributed by atoms with Crippen LogP contribution in [0.1, 0.15) is 12.0 Å². The number of hydrogen-bond donors (Lipinski definition) is 3. The molecule has 1 rings (SSSR count). The van der Waals surface area contributed by atoms with Gasteiger partial charge in [-0.2, -0.15) is 4.31 Å². The summed E-state index contributed by atoms with van der Waals surface area (Å²) in [6.07, 6.45) is 0.305. The van der Waals surface area contributed by atoms with E-state index in [1.54, 1.807) is 12.1 Å². The molecule has 0 aliphatic rings. The van der Waals surface area contributed by atoms with Crippen LogP contribution in [0.25, 0.3) is 0 Å². The van der Waals surface area contributed by atoms with Gasteiger partial charge >= 0.3 is 5.97 Å². The number of aliphatic hydroxyl groups excluding tert-OH is 2. The van der Waals surface area contributed by atoms with E-state index >= 15 is 0 Å². The van der Waals surface area contributed by atoms with E-state index in [1.807, 2.05) is 0 Å². The largest absolute Gasteiger partial charge is 0.481 e. The van der Waals surface area contributed by atoms with Gasteiger partial charge in [-0.25, -0.2) is 8.42 Å². The van der Waals surface area contributed by atoms with Crippen LogP contribution in [0.15, 0.2) is 29.2 Å². The quantitative estimate of drug-likeness (QED) is 0.575. The molecule has 0 spiro atoms. The molecule has 0 bridgehead atoms. The van der Waals surface area contributed by atoms with Gasteiger partial charge in [-0.15, -0.1) is 0 Å². The predicted octanol–water partition coefficient (Wildman–Crippen LogP) is -0.321. The van der Waals surface area contributed by atoms with Crippen molar-refractivity contribution >= 4 is 16.0 Å². The van der Waals surface area contributed by atoms with Crippen LogP contribution in [0.3, 0.4) is 0 Å². The predicted molar refractivity (Wildman–Crippen MR) is 75.3 cm³/mol. The first-order valence-corrected chi connectivity index (χ1v) is 7.88. The summed E-state index contributed by atoms with van der Waals surface area (Å²) in [5.74, 6) is -0.913. The van der Waals surface area contributed by atoms with Crippen LogP contribution in [0.5, 0.6) is 0 Å². The average molecular weight is 317 g/mol. The second-order valence-electron chi connectivity index (χ2n) is 4.39.